The minimum atomic E-state index is -0.765. The third-order valence-electron chi connectivity index (χ3n) is 3.17. The van der Waals surface area contributed by atoms with Crippen molar-refractivity contribution in [2.24, 2.45) is 11.8 Å². The summed E-state index contributed by atoms with van der Waals surface area (Å²) in [5.74, 6) is 1.32. The lowest BCUT2D eigenvalue weighted by atomic mass is 9.96. The summed E-state index contributed by atoms with van der Waals surface area (Å²) in [6, 6.07) is -0.251. The van der Waals surface area contributed by atoms with E-state index in [1.165, 1.54) is 4.90 Å². The summed E-state index contributed by atoms with van der Waals surface area (Å²) in [5, 5.41) is 11.7. The molecule has 1 rings (SSSR count). The van der Waals surface area contributed by atoms with Gasteiger partial charge in [0.2, 0.25) is 0 Å². The molecule has 0 aromatic heterocycles. The van der Waals surface area contributed by atoms with E-state index in [0.29, 0.717) is 13.0 Å². The van der Waals surface area contributed by atoms with E-state index in [0.717, 1.165) is 12.8 Å². The molecule has 1 fully saturated rings. The molecule has 0 saturated heterocycles. The van der Waals surface area contributed by atoms with Gasteiger partial charge in [-0.25, -0.2) is 4.79 Å². The maximum atomic E-state index is 11.5. The van der Waals surface area contributed by atoms with Crippen molar-refractivity contribution in [2.75, 3.05) is 20.1 Å². The third-order valence-corrected chi connectivity index (χ3v) is 3.17. The first-order chi connectivity index (χ1) is 8.06. The fraction of sp³-hybridized carbons (Fsp3) is 0.667. The van der Waals surface area contributed by atoms with E-state index in [1.54, 1.807) is 7.05 Å². The monoisotopic (exact) mass is 238 g/mol. The minimum absolute atomic E-state index is 0.0377. The van der Waals surface area contributed by atoms with Crippen LogP contribution < -0.4 is 5.32 Å². The highest BCUT2D eigenvalue weighted by Crippen LogP contribution is 2.31. The average Bonchev–Trinajstić information content (AvgIpc) is 2.74. The molecule has 2 unspecified atom stereocenters. The molecule has 0 spiro atoms. The Hall–Kier alpha value is -1.70. The Morgan fingerprint density at radius 1 is 1.53 bits per heavy atom. The smallest absolute Gasteiger partial charge is 0.317 e. The summed E-state index contributed by atoms with van der Waals surface area (Å²) in [6.07, 6.45) is 7.57. The molecule has 1 aliphatic rings. The lowest BCUT2D eigenvalue weighted by Gasteiger charge is -2.19. The summed E-state index contributed by atoms with van der Waals surface area (Å²) >= 11 is 0. The fourth-order valence-electron chi connectivity index (χ4n) is 2.17. The van der Waals surface area contributed by atoms with Gasteiger partial charge in [0.05, 0.1) is 12.5 Å². The van der Waals surface area contributed by atoms with Gasteiger partial charge in [0, 0.05) is 13.6 Å². The van der Waals surface area contributed by atoms with Crippen molar-refractivity contribution in [1.29, 1.82) is 0 Å². The normalized spacial score (nSPS) is 22.8. The Bertz CT molecular complexity index is 335. The summed E-state index contributed by atoms with van der Waals surface area (Å²) in [5.41, 5.74) is 0. The predicted molar refractivity (Wildman–Crippen MR) is 63.3 cm³/mol. The van der Waals surface area contributed by atoms with Gasteiger partial charge in [0.1, 0.15) is 0 Å². The number of aliphatic carboxylic acids is 1. The number of rotatable bonds is 4. The van der Waals surface area contributed by atoms with E-state index in [2.05, 4.69) is 11.2 Å². The van der Waals surface area contributed by atoms with E-state index in [4.69, 9.17) is 11.5 Å². The number of terminal acetylenes is 1. The molecular weight excluding hydrogens is 220 g/mol. The SMILES string of the molecule is C#CCN(C)C(=O)NCC1CCCC1C(=O)O. The zero-order chi connectivity index (χ0) is 12.8. The van der Waals surface area contributed by atoms with Crippen LogP contribution >= 0.6 is 0 Å². The number of carboxylic acids is 1. The van der Waals surface area contributed by atoms with Crippen LogP contribution in [-0.2, 0) is 4.79 Å². The second-order valence-corrected chi connectivity index (χ2v) is 4.38. The molecule has 1 saturated carbocycles. The number of nitrogens with zero attached hydrogens (tertiary/aromatic N) is 1. The molecule has 0 heterocycles. The molecule has 5 nitrogen and oxygen atoms in total. The molecule has 0 aromatic rings. The molecular formula is C12H18N2O3. The van der Waals surface area contributed by atoms with Crippen molar-refractivity contribution in [3.05, 3.63) is 0 Å². The van der Waals surface area contributed by atoms with Crippen LogP contribution in [0.4, 0.5) is 4.79 Å². The van der Waals surface area contributed by atoms with Crippen molar-refractivity contribution in [2.45, 2.75) is 19.3 Å². The molecule has 2 N–H and O–H groups in total. The Morgan fingerprint density at radius 2 is 2.24 bits per heavy atom. The number of hydrogen-bond donors (Lipinski definition) is 2. The van der Waals surface area contributed by atoms with Crippen LogP contribution in [0.25, 0.3) is 0 Å². The van der Waals surface area contributed by atoms with Crippen LogP contribution in [0.15, 0.2) is 0 Å². The van der Waals surface area contributed by atoms with Gasteiger partial charge < -0.3 is 15.3 Å². The first kappa shape index (κ1) is 13.4. The van der Waals surface area contributed by atoms with Crippen molar-refractivity contribution in [3.63, 3.8) is 0 Å². The number of nitrogens with one attached hydrogen (secondary N) is 1. The fourth-order valence-corrected chi connectivity index (χ4v) is 2.17. The van der Waals surface area contributed by atoms with Gasteiger partial charge in [-0.3, -0.25) is 4.79 Å². The van der Waals surface area contributed by atoms with E-state index in [9.17, 15) is 9.59 Å². The van der Waals surface area contributed by atoms with E-state index >= 15 is 0 Å². The second kappa shape index (κ2) is 6.14. The highest BCUT2D eigenvalue weighted by molar-refractivity contribution is 5.74. The molecule has 0 aliphatic heterocycles. The largest absolute Gasteiger partial charge is 0.481 e. The lowest BCUT2D eigenvalue weighted by molar-refractivity contribution is -0.142. The number of carbonyl (C=O) groups is 2. The van der Waals surface area contributed by atoms with Gasteiger partial charge >= 0.3 is 12.0 Å². The standard InChI is InChI=1S/C12H18N2O3/c1-3-7-14(2)12(17)13-8-9-5-4-6-10(9)11(15)16/h1,9-10H,4-8H2,2H3,(H,13,17)(H,15,16). The molecule has 1 aliphatic carbocycles. The van der Waals surface area contributed by atoms with Crippen LogP contribution in [0.5, 0.6) is 0 Å². The number of urea groups is 1. The van der Waals surface area contributed by atoms with Crippen molar-refractivity contribution < 1.29 is 14.7 Å². The molecule has 0 aromatic carbocycles. The van der Waals surface area contributed by atoms with E-state index < -0.39 is 5.97 Å². The van der Waals surface area contributed by atoms with Crippen LogP contribution in [0.3, 0.4) is 0 Å². The third kappa shape index (κ3) is 3.66. The lowest BCUT2D eigenvalue weighted by Crippen LogP contribution is -2.41. The van der Waals surface area contributed by atoms with Crippen LogP contribution in [0.2, 0.25) is 0 Å². The average molecular weight is 238 g/mol. The Morgan fingerprint density at radius 3 is 2.82 bits per heavy atom. The molecule has 5 heteroatoms. The minimum Gasteiger partial charge on any atom is -0.481 e. The molecule has 0 radical (unpaired) electrons. The van der Waals surface area contributed by atoms with Gasteiger partial charge in [-0.15, -0.1) is 6.42 Å². The van der Waals surface area contributed by atoms with Crippen LogP contribution in [-0.4, -0.2) is 42.1 Å². The Kier molecular flexibility index (Phi) is 4.83. The predicted octanol–water partition coefficient (Wildman–Crippen LogP) is 0.762. The molecule has 0 bridgehead atoms. The Labute approximate surface area is 101 Å². The zero-order valence-electron chi connectivity index (χ0n) is 9.98. The van der Waals surface area contributed by atoms with Crippen LogP contribution in [0.1, 0.15) is 19.3 Å². The highest BCUT2D eigenvalue weighted by atomic mass is 16.4. The summed E-state index contributed by atoms with van der Waals surface area (Å²) < 4.78 is 0. The summed E-state index contributed by atoms with van der Waals surface area (Å²) in [6.45, 7) is 0.656. The van der Waals surface area contributed by atoms with Gasteiger partial charge in [-0.1, -0.05) is 12.3 Å². The van der Waals surface area contributed by atoms with Gasteiger partial charge in [-0.2, -0.15) is 0 Å². The highest BCUT2D eigenvalue weighted by Gasteiger charge is 2.32. The Balaban J connectivity index is 2.38. The first-order valence-corrected chi connectivity index (χ1v) is 5.71. The number of amides is 2. The quantitative estimate of drug-likeness (QED) is 0.710. The maximum Gasteiger partial charge on any atom is 0.317 e. The zero-order valence-corrected chi connectivity index (χ0v) is 9.98. The van der Waals surface area contributed by atoms with Crippen molar-refractivity contribution in [3.8, 4) is 12.3 Å². The van der Waals surface area contributed by atoms with E-state index in [-0.39, 0.29) is 24.4 Å². The molecule has 2 amide bonds. The summed E-state index contributed by atoms with van der Waals surface area (Å²) in [7, 11) is 1.61. The van der Waals surface area contributed by atoms with Gasteiger partial charge in [-0.05, 0) is 18.8 Å². The van der Waals surface area contributed by atoms with E-state index in [1.807, 2.05) is 0 Å². The molecule has 94 valence electrons. The second-order valence-electron chi connectivity index (χ2n) is 4.38. The molecule has 2 atom stereocenters. The maximum absolute atomic E-state index is 11.5. The topological polar surface area (TPSA) is 69.6 Å². The van der Waals surface area contributed by atoms with Crippen LogP contribution in [0, 0.1) is 24.2 Å². The number of carbonyl (C=O) groups excluding carboxylic acids is 1. The summed E-state index contributed by atoms with van der Waals surface area (Å²) in [4.78, 5) is 23.9. The number of hydrogen-bond acceptors (Lipinski definition) is 2. The van der Waals surface area contributed by atoms with Gasteiger partial charge in [0.25, 0.3) is 0 Å². The first-order valence-electron chi connectivity index (χ1n) is 5.71. The number of carboxylic acid groups (broad SMARTS) is 1. The van der Waals surface area contributed by atoms with Gasteiger partial charge in [0.15, 0.2) is 0 Å². The molecule has 17 heavy (non-hydrogen) atoms. The van der Waals surface area contributed by atoms with Crippen molar-refractivity contribution >= 4 is 12.0 Å². The van der Waals surface area contributed by atoms with Crippen molar-refractivity contribution in [1.82, 2.24) is 10.2 Å².